The number of piperazine rings is 1. The summed E-state index contributed by atoms with van der Waals surface area (Å²) in [6, 6.07) is 5.79. The van der Waals surface area contributed by atoms with E-state index in [9.17, 15) is 9.59 Å². The highest BCUT2D eigenvalue weighted by atomic mass is 35.5. The van der Waals surface area contributed by atoms with E-state index in [1.54, 1.807) is 6.07 Å². The van der Waals surface area contributed by atoms with Crippen molar-refractivity contribution in [2.75, 3.05) is 31.1 Å². The number of fused-ring (bicyclic) bond motifs is 1. The first kappa shape index (κ1) is 21.7. The van der Waals surface area contributed by atoms with Crippen LogP contribution in [0.1, 0.15) is 54.0 Å². The average Bonchev–Trinajstić information content (AvgIpc) is 2.78. The molecular formula is C24H27ClN4O2. The lowest BCUT2D eigenvalue weighted by atomic mass is 9.92. The SMILES string of the molecule is CCC(=O)c1ccc(N2CCN(Cc3cnc4c(c3)CC(=O)C(CC)=C4)CC2)c(Cl)n1. The molecule has 7 heteroatoms. The zero-order valence-electron chi connectivity index (χ0n) is 18.0. The van der Waals surface area contributed by atoms with Crippen molar-refractivity contribution in [3.63, 3.8) is 0 Å². The molecule has 162 valence electrons. The zero-order chi connectivity index (χ0) is 22.0. The number of nitrogens with zero attached hydrogens (tertiary/aromatic N) is 4. The molecule has 1 fully saturated rings. The fourth-order valence-electron chi connectivity index (χ4n) is 4.16. The first-order valence-corrected chi connectivity index (χ1v) is 11.2. The van der Waals surface area contributed by atoms with Crippen molar-refractivity contribution in [3.8, 4) is 0 Å². The Labute approximate surface area is 187 Å². The highest BCUT2D eigenvalue weighted by molar-refractivity contribution is 6.32. The molecule has 0 aromatic carbocycles. The van der Waals surface area contributed by atoms with Gasteiger partial charge in [-0.3, -0.25) is 19.5 Å². The smallest absolute Gasteiger partial charge is 0.180 e. The number of anilines is 1. The maximum absolute atomic E-state index is 12.2. The minimum Gasteiger partial charge on any atom is -0.366 e. The van der Waals surface area contributed by atoms with Crippen molar-refractivity contribution in [1.29, 1.82) is 0 Å². The molecule has 0 unspecified atom stereocenters. The number of halogens is 1. The van der Waals surface area contributed by atoms with E-state index in [4.69, 9.17) is 11.6 Å². The Hall–Kier alpha value is -2.57. The number of ketones is 2. The Morgan fingerprint density at radius 1 is 1.16 bits per heavy atom. The van der Waals surface area contributed by atoms with Gasteiger partial charge in [0.2, 0.25) is 0 Å². The van der Waals surface area contributed by atoms with Gasteiger partial charge in [0.25, 0.3) is 0 Å². The zero-order valence-corrected chi connectivity index (χ0v) is 18.8. The summed E-state index contributed by atoms with van der Waals surface area (Å²) in [6.07, 6.45) is 5.48. The predicted octanol–water partition coefficient (Wildman–Crippen LogP) is 3.96. The fraction of sp³-hybridized carbons (Fsp3) is 0.417. The van der Waals surface area contributed by atoms with Gasteiger partial charge in [-0.15, -0.1) is 0 Å². The van der Waals surface area contributed by atoms with E-state index < -0.39 is 0 Å². The van der Waals surface area contributed by atoms with E-state index in [2.05, 4.69) is 25.8 Å². The van der Waals surface area contributed by atoms with Gasteiger partial charge in [-0.1, -0.05) is 31.5 Å². The number of pyridine rings is 2. The summed E-state index contributed by atoms with van der Waals surface area (Å²) in [7, 11) is 0. The van der Waals surface area contributed by atoms with Gasteiger partial charge in [0.15, 0.2) is 16.7 Å². The molecule has 31 heavy (non-hydrogen) atoms. The van der Waals surface area contributed by atoms with Gasteiger partial charge in [-0.25, -0.2) is 4.98 Å². The minimum absolute atomic E-state index is 0.0000341. The van der Waals surface area contributed by atoms with Crippen LogP contribution in [0.25, 0.3) is 6.08 Å². The molecule has 0 atom stereocenters. The van der Waals surface area contributed by atoms with Crippen molar-refractivity contribution in [1.82, 2.24) is 14.9 Å². The monoisotopic (exact) mass is 438 g/mol. The summed E-state index contributed by atoms with van der Waals surface area (Å²) in [5.74, 6) is 0.208. The van der Waals surface area contributed by atoms with Crippen LogP contribution >= 0.6 is 11.6 Å². The van der Waals surface area contributed by atoms with Crippen molar-refractivity contribution in [3.05, 3.63) is 57.6 Å². The van der Waals surface area contributed by atoms with Gasteiger partial charge in [0.1, 0.15) is 5.69 Å². The van der Waals surface area contributed by atoms with Gasteiger partial charge >= 0.3 is 0 Å². The number of hydrogen-bond donors (Lipinski definition) is 0. The van der Waals surface area contributed by atoms with E-state index >= 15 is 0 Å². The highest BCUT2D eigenvalue weighted by Gasteiger charge is 2.22. The van der Waals surface area contributed by atoms with Crippen molar-refractivity contribution in [2.24, 2.45) is 0 Å². The molecular weight excluding hydrogens is 412 g/mol. The van der Waals surface area contributed by atoms with Crippen LogP contribution < -0.4 is 4.90 Å². The number of rotatable bonds is 6. The number of carbonyl (C=O) groups excluding carboxylic acids is 2. The molecule has 0 amide bonds. The molecule has 0 radical (unpaired) electrons. The van der Waals surface area contributed by atoms with Crippen LogP contribution in [-0.4, -0.2) is 52.6 Å². The molecule has 3 heterocycles. The summed E-state index contributed by atoms with van der Waals surface area (Å²) in [5, 5.41) is 0.385. The molecule has 4 rings (SSSR count). The second-order valence-corrected chi connectivity index (χ2v) is 8.42. The summed E-state index contributed by atoms with van der Waals surface area (Å²) in [4.78, 5) is 37.5. The van der Waals surface area contributed by atoms with E-state index in [1.807, 2.05) is 32.2 Å². The van der Waals surface area contributed by atoms with Crippen molar-refractivity contribution in [2.45, 2.75) is 39.7 Å². The Morgan fingerprint density at radius 2 is 1.94 bits per heavy atom. The summed E-state index contributed by atoms with van der Waals surface area (Å²) in [5.41, 5.74) is 5.25. The molecule has 0 bridgehead atoms. The first-order chi connectivity index (χ1) is 15.0. The van der Waals surface area contributed by atoms with Crippen molar-refractivity contribution >= 4 is 34.9 Å². The third-order valence-corrected chi connectivity index (χ3v) is 6.29. The molecule has 6 nitrogen and oxygen atoms in total. The molecule has 2 aliphatic rings. The number of hydrogen-bond acceptors (Lipinski definition) is 6. The van der Waals surface area contributed by atoms with Crippen LogP contribution in [0, 0.1) is 0 Å². The number of aromatic nitrogens is 2. The maximum atomic E-state index is 12.2. The molecule has 1 aliphatic carbocycles. The molecule has 2 aromatic rings. The lowest BCUT2D eigenvalue weighted by Crippen LogP contribution is -2.46. The molecule has 2 aromatic heterocycles. The van der Waals surface area contributed by atoms with Gasteiger partial charge in [-0.05, 0) is 41.3 Å². The Kier molecular flexibility index (Phi) is 6.49. The molecule has 1 aliphatic heterocycles. The van der Waals surface area contributed by atoms with Gasteiger partial charge in [0, 0.05) is 51.8 Å². The normalized spacial score (nSPS) is 16.8. The summed E-state index contributed by atoms with van der Waals surface area (Å²) >= 11 is 6.37. The van der Waals surface area contributed by atoms with Crippen LogP contribution in [0.5, 0.6) is 0 Å². The number of Topliss-reactive ketones (excluding diaryl/α,β-unsaturated/α-hetero) is 2. The Morgan fingerprint density at radius 3 is 2.61 bits per heavy atom. The van der Waals surface area contributed by atoms with E-state index in [-0.39, 0.29) is 11.6 Å². The maximum Gasteiger partial charge on any atom is 0.180 e. The molecule has 1 saturated heterocycles. The first-order valence-electron chi connectivity index (χ1n) is 10.9. The summed E-state index contributed by atoms with van der Waals surface area (Å²) < 4.78 is 0. The lowest BCUT2D eigenvalue weighted by molar-refractivity contribution is -0.115. The topological polar surface area (TPSA) is 66.4 Å². The van der Waals surface area contributed by atoms with E-state index in [0.717, 1.165) is 67.2 Å². The minimum atomic E-state index is 0.0000341. The van der Waals surface area contributed by atoms with E-state index in [0.29, 0.717) is 23.7 Å². The van der Waals surface area contributed by atoms with Crippen LogP contribution in [0.15, 0.2) is 30.0 Å². The quantitative estimate of drug-likeness (QED) is 0.502. The van der Waals surface area contributed by atoms with E-state index in [1.165, 1.54) is 0 Å². The third-order valence-electron chi connectivity index (χ3n) is 6.01. The van der Waals surface area contributed by atoms with Gasteiger partial charge in [-0.2, -0.15) is 0 Å². The largest absolute Gasteiger partial charge is 0.366 e. The highest BCUT2D eigenvalue weighted by Crippen LogP contribution is 2.27. The van der Waals surface area contributed by atoms with Gasteiger partial charge < -0.3 is 4.90 Å². The second kappa shape index (κ2) is 9.28. The molecule has 0 saturated carbocycles. The molecule has 0 N–H and O–H groups in total. The Bertz CT molecular complexity index is 1040. The van der Waals surface area contributed by atoms with Crippen LogP contribution in [0.3, 0.4) is 0 Å². The number of allylic oxidation sites excluding steroid dienone is 1. The lowest BCUT2D eigenvalue weighted by Gasteiger charge is -2.36. The molecule has 0 spiro atoms. The Balaban J connectivity index is 1.38. The predicted molar refractivity (Wildman–Crippen MR) is 123 cm³/mol. The fourth-order valence-corrected chi connectivity index (χ4v) is 4.44. The second-order valence-electron chi connectivity index (χ2n) is 8.06. The van der Waals surface area contributed by atoms with Crippen molar-refractivity contribution < 1.29 is 9.59 Å². The number of carbonyl (C=O) groups is 2. The summed E-state index contributed by atoms with van der Waals surface area (Å²) in [6.45, 7) is 8.08. The van der Waals surface area contributed by atoms with Crippen LogP contribution in [0.2, 0.25) is 5.15 Å². The average molecular weight is 439 g/mol. The van der Waals surface area contributed by atoms with Gasteiger partial charge in [0.05, 0.1) is 11.4 Å². The van der Waals surface area contributed by atoms with Crippen LogP contribution in [-0.2, 0) is 17.8 Å². The standard InChI is InChI=1S/C24H27ClN4O2/c1-3-17-12-20-18(13-23(17)31)11-16(14-26-20)15-28-7-9-29(10-8-28)21-6-5-19(22(30)4-2)27-24(21)25/h5-6,11-12,14H,3-4,7-10,13,15H2,1-2H3. The van der Waals surface area contributed by atoms with Crippen LogP contribution in [0.4, 0.5) is 5.69 Å². The third kappa shape index (κ3) is 4.70.